The summed E-state index contributed by atoms with van der Waals surface area (Å²) >= 11 is 3.24. The van der Waals surface area contributed by atoms with E-state index in [2.05, 4.69) is 45.0 Å². The molecule has 1 aromatic rings. The quantitative estimate of drug-likeness (QED) is 0.816. The summed E-state index contributed by atoms with van der Waals surface area (Å²) < 4.78 is 0.734. The standard InChI is InChI=1S/C12H18BrN3O/c1-3-16(4-2)8-7-14-12(17)10-5-6-11(13)15-9-10/h5-6,9H,3-4,7-8H2,1-2H3,(H,14,17). The SMILES string of the molecule is CCN(CC)CCNC(=O)c1ccc(Br)nc1. The van der Waals surface area contributed by atoms with Crippen LogP contribution in [0.4, 0.5) is 0 Å². The number of hydrogen-bond donors (Lipinski definition) is 1. The molecule has 1 N–H and O–H groups in total. The molecule has 17 heavy (non-hydrogen) atoms. The van der Waals surface area contributed by atoms with Gasteiger partial charge in [0.25, 0.3) is 5.91 Å². The summed E-state index contributed by atoms with van der Waals surface area (Å²) in [5.74, 6) is -0.0721. The molecule has 1 aromatic heterocycles. The normalized spacial score (nSPS) is 10.6. The lowest BCUT2D eigenvalue weighted by atomic mass is 10.3. The second kappa shape index (κ2) is 7.40. The molecule has 5 heteroatoms. The maximum Gasteiger partial charge on any atom is 0.252 e. The summed E-state index contributed by atoms with van der Waals surface area (Å²) in [6.45, 7) is 7.78. The van der Waals surface area contributed by atoms with E-state index in [0.29, 0.717) is 12.1 Å². The van der Waals surface area contributed by atoms with E-state index in [0.717, 1.165) is 24.2 Å². The van der Waals surface area contributed by atoms with Crippen molar-refractivity contribution in [2.24, 2.45) is 0 Å². The van der Waals surface area contributed by atoms with Gasteiger partial charge in [-0.3, -0.25) is 4.79 Å². The van der Waals surface area contributed by atoms with Gasteiger partial charge in [0, 0.05) is 19.3 Å². The Morgan fingerprint density at radius 1 is 1.41 bits per heavy atom. The molecule has 0 fully saturated rings. The summed E-state index contributed by atoms with van der Waals surface area (Å²) in [6.07, 6.45) is 1.57. The van der Waals surface area contributed by atoms with Gasteiger partial charge in [0.15, 0.2) is 0 Å². The van der Waals surface area contributed by atoms with Gasteiger partial charge in [-0.2, -0.15) is 0 Å². The fraction of sp³-hybridized carbons (Fsp3) is 0.500. The predicted molar refractivity (Wildman–Crippen MR) is 72.1 cm³/mol. The van der Waals surface area contributed by atoms with Gasteiger partial charge in [0.1, 0.15) is 4.60 Å². The Bertz CT molecular complexity index is 349. The highest BCUT2D eigenvalue weighted by molar-refractivity contribution is 9.10. The number of halogens is 1. The van der Waals surface area contributed by atoms with Gasteiger partial charge in [0.05, 0.1) is 5.56 Å². The van der Waals surface area contributed by atoms with Gasteiger partial charge < -0.3 is 10.2 Å². The Morgan fingerprint density at radius 3 is 2.65 bits per heavy atom. The lowest BCUT2D eigenvalue weighted by Gasteiger charge is -2.17. The largest absolute Gasteiger partial charge is 0.351 e. The van der Waals surface area contributed by atoms with Crippen molar-refractivity contribution >= 4 is 21.8 Å². The first-order chi connectivity index (χ1) is 8.17. The van der Waals surface area contributed by atoms with Crippen molar-refractivity contribution in [2.45, 2.75) is 13.8 Å². The minimum atomic E-state index is -0.0721. The van der Waals surface area contributed by atoms with Crippen molar-refractivity contribution in [3.63, 3.8) is 0 Å². The van der Waals surface area contributed by atoms with Crippen molar-refractivity contribution in [1.82, 2.24) is 15.2 Å². The molecule has 1 heterocycles. The van der Waals surface area contributed by atoms with Gasteiger partial charge >= 0.3 is 0 Å². The summed E-state index contributed by atoms with van der Waals surface area (Å²) in [4.78, 5) is 18.0. The first-order valence-corrected chi connectivity index (χ1v) is 6.58. The number of hydrogen-bond acceptors (Lipinski definition) is 3. The fourth-order valence-corrected chi connectivity index (χ4v) is 1.71. The smallest absolute Gasteiger partial charge is 0.252 e. The average molecular weight is 300 g/mol. The van der Waals surface area contributed by atoms with Crippen LogP contribution in [0.25, 0.3) is 0 Å². The first-order valence-electron chi connectivity index (χ1n) is 5.79. The highest BCUT2D eigenvalue weighted by Gasteiger charge is 2.05. The maximum atomic E-state index is 11.7. The second-order valence-corrected chi connectivity index (χ2v) is 4.46. The summed E-state index contributed by atoms with van der Waals surface area (Å²) in [5.41, 5.74) is 0.591. The molecule has 4 nitrogen and oxygen atoms in total. The number of carbonyl (C=O) groups excluding carboxylic acids is 1. The van der Waals surface area contributed by atoms with Gasteiger partial charge in [0.2, 0.25) is 0 Å². The number of rotatable bonds is 6. The number of nitrogens with zero attached hydrogens (tertiary/aromatic N) is 2. The number of amides is 1. The lowest BCUT2D eigenvalue weighted by molar-refractivity contribution is 0.0948. The van der Waals surface area contributed by atoms with E-state index in [1.54, 1.807) is 18.3 Å². The molecular weight excluding hydrogens is 282 g/mol. The number of likely N-dealkylation sites (N-methyl/N-ethyl adjacent to an activating group) is 1. The highest BCUT2D eigenvalue weighted by atomic mass is 79.9. The molecule has 0 aliphatic heterocycles. The van der Waals surface area contributed by atoms with Gasteiger partial charge in [-0.1, -0.05) is 13.8 Å². The van der Waals surface area contributed by atoms with Crippen LogP contribution in [0, 0.1) is 0 Å². The predicted octanol–water partition coefficient (Wildman–Crippen LogP) is 1.92. The van der Waals surface area contributed by atoms with Crippen LogP contribution in [0.1, 0.15) is 24.2 Å². The van der Waals surface area contributed by atoms with Crippen LogP contribution in [-0.2, 0) is 0 Å². The van der Waals surface area contributed by atoms with Crippen molar-refractivity contribution in [3.8, 4) is 0 Å². The van der Waals surface area contributed by atoms with E-state index in [1.165, 1.54) is 0 Å². The van der Waals surface area contributed by atoms with E-state index in [-0.39, 0.29) is 5.91 Å². The number of nitrogens with one attached hydrogen (secondary N) is 1. The third kappa shape index (κ3) is 4.83. The number of aromatic nitrogens is 1. The van der Waals surface area contributed by atoms with Gasteiger partial charge in [-0.25, -0.2) is 4.98 Å². The maximum absolute atomic E-state index is 11.7. The zero-order valence-corrected chi connectivity index (χ0v) is 11.8. The second-order valence-electron chi connectivity index (χ2n) is 3.65. The molecule has 1 rings (SSSR count). The third-order valence-corrected chi connectivity index (χ3v) is 3.07. The summed E-state index contributed by atoms with van der Waals surface area (Å²) in [6, 6.07) is 3.52. The molecule has 0 atom stereocenters. The van der Waals surface area contributed by atoms with Crippen LogP contribution in [0.15, 0.2) is 22.9 Å². The first kappa shape index (κ1) is 14.1. The van der Waals surface area contributed by atoms with Crippen LogP contribution in [0.3, 0.4) is 0 Å². The van der Waals surface area contributed by atoms with Gasteiger partial charge in [-0.05, 0) is 41.2 Å². The lowest BCUT2D eigenvalue weighted by Crippen LogP contribution is -2.34. The fourth-order valence-electron chi connectivity index (χ4n) is 1.48. The van der Waals surface area contributed by atoms with Crippen LogP contribution >= 0.6 is 15.9 Å². The molecule has 0 spiro atoms. The third-order valence-electron chi connectivity index (χ3n) is 2.60. The van der Waals surface area contributed by atoms with Crippen molar-refractivity contribution in [2.75, 3.05) is 26.2 Å². The Labute approximate surface area is 111 Å². The summed E-state index contributed by atoms with van der Waals surface area (Å²) in [7, 11) is 0. The molecule has 94 valence electrons. The molecule has 0 bridgehead atoms. The van der Waals surface area contributed by atoms with E-state index >= 15 is 0 Å². The molecule has 0 radical (unpaired) electrons. The van der Waals surface area contributed by atoms with E-state index in [4.69, 9.17) is 0 Å². The molecule has 0 aliphatic carbocycles. The van der Waals surface area contributed by atoms with Crippen LogP contribution in [0.2, 0.25) is 0 Å². The van der Waals surface area contributed by atoms with E-state index in [1.807, 2.05) is 0 Å². The molecule has 0 saturated carbocycles. The molecule has 0 aliphatic rings. The van der Waals surface area contributed by atoms with Crippen molar-refractivity contribution in [1.29, 1.82) is 0 Å². The highest BCUT2D eigenvalue weighted by Crippen LogP contribution is 2.05. The summed E-state index contributed by atoms with van der Waals surface area (Å²) in [5, 5.41) is 2.88. The topological polar surface area (TPSA) is 45.2 Å². The van der Waals surface area contributed by atoms with Crippen LogP contribution in [0.5, 0.6) is 0 Å². The number of carbonyl (C=O) groups is 1. The zero-order chi connectivity index (χ0) is 12.7. The average Bonchev–Trinajstić information content (AvgIpc) is 2.35. The Balaban J connectivity index is 2.37. The van der Waals surface area contributed by atoms with Crippen LogP contribution < -0.4 is 5.32 Å². The van der Waals surface area contributed by atoms with Gasteiger partial charge in [-0.15, -0.1) is 0 Å². The van der Waals surface area contributed by atoms with Crippen molar-refractivity contribution < 1.29 is 4.79 Å². The van der Waals surface area contributed by atoms with E-state index < -0.39 is 0 Å². The molecule has 0 unspecified atom stereocenters. The van der Waals surface area contributed by atoms with E-state index in [9.17, 15) is 4.79 Å². The van der Waals surface area contributed by atoms with Crippen molar-refractivity contribution in [3.05, 3.63) is 28.5 Å². The molecular formula is C12H18BrN3O. The Morgan fingerprint density at radius 2 is 2.12 bits per heavy atom. The monoisotopic (exact) mass is 299 g/mol. The number of pyridine rings is 1. The minimum absolute atomic E-state index is 0.0721. The van der Waals surface area contributed by atoms with Crippen LogP contribution in [-0.4, -0.2) is 42.0 Å². The zero-order valence-electron chi connectivity index (χ0n) is 10.2. The Hall–Kier alpha value is -0.940. The molecule has 1 amide bonds. The molecule has 0 saturated heterocycles. The molecule has 0 aromatic carbocycles. The minimum Gasteiger partial charge on any atom is -0.351 e. The Kier molecular flexibility index (Phi) is 6.15.